The van der Waals surface area contributed by atoms with Crippen LogP contribution in [0.4, 0.5) is 0 Å². The van der Waals surface area contributed by atoms with Gasteiger partial charge in [0.05, 0.1) is 5.52 Å². The molecule has 1 N–H and O–H groups in total. The summed E-state index contributed by atoms with van der Waals surface area (Å²) in [5.74, 6) is -0.475. The molecule has 1 aromatic heterocycles. The highest BCUT2D eigenvalue weighted by Gasteiger charge is 2.45. The fourth-order valence-corrected chi connectivity index (χ4v) is 2.68. The third kappa shape index (κ3) is 1.92. The summed E-state index contributed by atoms with van der Waals surface area (Å²) in [5.41, 5.74) is 1.25. The average Bonchev–Trinajstić information content (AvgIpc) is 2.55. The molecule has 3 aromatic rings. The maximum atomic E-state index is 11.0. The molecule has 4 nitrogen and oxygen atoms in total. The van der Waals surface area contributed by atoms with Gasteiger partial charge in [0.2, 0.25) is 0 Å². The van der Waals surface area contributed by atoms with E-state index in [4.69, 9.17) is 9.47 Å². The van der Waals surface area contributed by atoms with E-state index >= 15 is 0 Å². The molecular weight excluding hydrogens is 278 g/mol. The Kier molecular flexibility index (Phi) is 2.81. The first-order valence-electron chi connectivity index (χ1n) is 7.20. The van der Waals surface area contributed by atoms with E-state index in [1.54, 1.807) is 19.1 Å². The van der Waals surface area contributed by atoms with Crippen LogP contribution in [0, 0.1) is 0 Å². The number of benzene rings is 2. The number of aromatic nitrogens is 1. The van der Waals surface area contributed by atoms with Crippen molar-refractivity contribution in [1.82, 2.24) is 4.98 Å². The minimum absolute atomic E-state index is 0.438. The summed E-state index contributed by atoms with van der Waals surface area (Å²) in [6, 6.07) is 18.8. The predicted molar refractivity (Wildman–Crippen MR) is 82.8 cm³/mol. The van der Waals surface area contributed by atoms with Gasteiger partial charge in [0.25, 0.3) is 5.79 Å². The number of ether oxygens (including phenoxy) is 2. The molecule has 0 amide bonds. The predicted octanol–water partition coefficient (Wildman–Crippen LogP) is 3.24. The molecule has 4 heteroatoms. The Morgan fingerprint density at radius 3 is 2.55 bits per heavy atom. The number of fused-ring (bicyclic) bond motifs is 2. The molecule has 0 spiro atoms. The number of aliphatic hydroxyl groups is 1. The van der Waals surface area contributed by atoms with E-state index in [0.29, 0.717) is 17.2 Å². The van der Waals surface area contributed by atoms with Gasteiger partial charge < -0.3 is 14.6 Å². The van der Waals surface area contributed by atoms with Crippen LogP contribution in [0.1, 0.15) is 12.6 Å². The van der Waals surface area contributed by atoms with Gasteiger partial charge in [-0.3, -0.25) is 0 Å². The summed E-state index contributed by atoms with van der Waals surface area (Å²) in [5, 5.41) is 12.0. The molecule has 0 fully saturated rings. The molecule has 1 aliphatic heterocycles. The van der Waals surface area contributed by atoms with Gasteiger partial charge in [-0.1, -0.05) is 36.4 Å². The maximum Gasteiger partial charge on any atom is 0.289 e. The van der Waals surface area contributed by atoms with E-state index in [-0.39, 0.29) is 0 Å². The lowest BCUT2D eigenvalue weighted by Crippen LogP contribution is -2.49. The molecule has 0 unspecified atom stereocenters. The van der Waals surface area contributed by atoms with Crippen molar-refractivity contribution in [2.45, 2.75) is 18.8 Å². The summed E-state index contributed by atoms with van der Waals surface area (Å²) >= 11 is 0. The maximum absolute atomic E-state index is 11.0. The number of rotatable bonds is 1. The monoisotopic (exact) mass is 293 g/mol. The minimum Gasteiger partial charge on any atom is -0.479 e. The van der Waals surface area contributed by atoms with Crippen LogP contribution >= 0.6 is 0 Å². The zero-order valence-electron chi connectivity index (χ0n) is 12.1. The molecule has 2 atom stereocenters. The van der Waals surface area contributed by atoms with Crippen LogP contribution in [0.3, 0.4) is 0 Å². The van der Waals surface area contributed by atoms with E-state index in [0.717, 1.165) is 10.9 Å². The van der Waals surface area contributed by atoms with Crippen molar-refractivity contribution in [3.05, 3.63) is 66.4 Å². The average molecular weight is 293 g/mol. The SMILES string of the molecule is C[C@H]1Oc2ccccc2O[C@]1(O)c1ccc2ccccc2n1. The number of nitrogens with zero attached hydrogens (tertiary/aromatic N) is 1. The van der Waals surface area contributed by atoms with Crippen LogP contribution in [0.25, 0.3) is 10.9 Å². The van der Waals surface area contributed by atoms with E-state index in [9.17, 15) is 5.11 Å². The second-order valence-corrected chi connectivity index (χ2v) is 5.39. The first-order valence-corrected chi connectivity index (χ1v) is 7.20. The third-order valence-corrected chi connectivity index (χ3v) is 3.93. The van der Waals surface area contributed by atoms with E-state index in [1.165, 1.54) is 0 Å². The Morgan fingerprint density at radius 1 is 0.955 bits per heavy atom. The van der Waals surface area contributed by atoms with Crippen LogP contribution in [0.5, 0.6) is 11.5 Å². The molecular formula is C18H15NO3. The zero-order chi connectivity index (χ0) is 15.2. The molecule has 22 heavy (non-hydrogen) atoms. The van der Waals surface area contributed by atoms with Gasteiger partial charge in [0.1, 0.15) is 5.69 Å². The molecule has 0 saturated carbocycles. The van der Waals surface area contributed by atoms with Crippen LogP contribution in [-0.2, 0) is 5.79 Å². The number of hydrogen-bond acceptors (Lipinski definition) is 4. The topological polar surface area (TPSA) is 51.6 Å². The van der Waals surface area contributed by atoms with Crippen LogP contribution in [-0.4, -0.2) is 16.2 Å². The molecule has 0 saturated heterocycles. The van der Waals surface area contributed by atoms with Crippen molar-refractivity contribution in [2.75, 3.05) is 0 Å². The fraction of sp³-hybridized carbons (Fsp3) is 0.167. The van der Waals surface area contributed by atoms with Crippen molar-refractivity contribution in [3.8, 4) is 11.5 Å². The van der Waals surface area contributed by atoms with Gasteiger partial charge in [-0.15, -0.1) is 0 Å². The lowest BCUT2D eigenvalue weighted by Gasteiger charge is -2.38. The van der Waals surface area contributed by atoms with Gasteiger partial charge in [-0.05, 0) is 31.2 Å². The molecule has 4 rings (SSSR count). The van der Waals surface area contributed by atoms with Crippen molar-refractivity contribution in [2.24, 2.45) is 0 Å². The number of hydrogen-bond donors (Lipinski definition) is 1. The Morgan fingerprint density at radius 2 is 1.68 bits per heavy atom. The third-order valence-electron chi connectivity index (χ3n) is 3.93. The molecule has 1 aliphatic rings. The molecule has 0 radical (unpaired) electrons. The summed E-state index contributed by atoms with van der Waals surface area (Å²) < 4.78 is 11.6. The molecule has 2 aromatic carbocycles. The summed E-state index contributed by atoms with van der Waals surface area (Å²) in [6.45, 7) is 1.77. The summed E-state index contributed by atoms with van der Waals surface area (Å²) in [6.07, 6.45) is -0.573. The van der Waals surface area contributed by atoms with E-state index < -0.39 is 11.9 Å². The van der Waals surface area contributed by atoms with Crippen LogP contribution < -0.4 is 9.47 Å². The second kappa shape index (κ2) is 4.71. The molecule has 2 heterocycles. The van der Waals surface area contributed by atoms with E-state index in [2.05, 4.69) is 4.98 Å². The van der Waals surface area contributed by atoms with Gasteiger partial charge >= 0.3 is 0 Å². The number of para-hydroxylation sites is 3. The van der Waals surface area contributed by atoms with Crippen LogP contribution in [0.15, 0.2) is 60.7 Å². The fourth-order valence-electron chi connectivity index (χ4n) is 2.68. The Labute approximate surface area is 128 Å². The van der Waals surface area contributed by atoms with Crippen molar-refractivity contribution in [3.63, 3.8) is 0 Å². The standard InChI is InChI=1S/C18H15NO3/c1-12-18(20,22-16-9-5-4-8-15(16)21-12)17-11-10-13-6-2-3-7-14(13)19-17/h2-12,20H,1H3/t12-,18+/m1/s1. The first kappa shape index (κ1) is 13.1. The van der Waals surface area contributed by atoms with Gasteiger partial charge in [0, 0.05) is 5.39 Å². The highest BCUT2D eigenvalue weighted by Crippen LogP contribution is 2.41. The van der Waals surface area contributed by atoms with Crippen molar-refractivity contribution < 1.29 is 14.6 Å². The smallest absolute Gasteiger partial charge is 0.289 e. The highest BCUT2D eigenvalue weighted by molar-refractivity contribution is 5.78. The van der Waals surface area contributed by atoms with Gasteiger partial charge in [-0.2, -0.15) is 0 Å². The Bertz CT molecular complexity index is 848. The number of pyridine rings is 1. The molecule has 0 bridgehead atoms. The zero-order valence-corrected chi connectivity index (χ0v) is 12.1. The summed E-state index contributed by atoms with van der Waals surface area (Å²) in [4.78, 5) is 4.54. The Balaban J connectivity index is 1.82. The van der Waals surface area contributed by atoms with E-state index in [1.807, 2.05) is 48.5 Å². The lowest BCUT2D eigenvalue weighted by atomic mass is 10.0. The highest BCUT2D eigenvalue weighted by atomic mass is 16.7. The van der Waals surface area contributed by atoms with Crippen molar-refractivity contribution >= 4 is 10.9 Å². The lowest BCUT2D eigenvalue weighted by molar-refractivity contribution is -0.219. The minimum atomic E-state index is -1.61. The Hall–Kier alpha value is -2.59. The first-order chi connectivity index (χ1) is 10.7. The van der Waals surface area contributed by atoms with Crippen LogP contribution in [0.2, 0.25) is 0 Å². The van der Waals surface area contributed by atoms with Gasteiger partial charge in [0.15, 0.2) is 17.6 Å². The summed E-state index contributed by atoms with van der Waals surface area (Å²) in [7, 11) is 0. The second-order valence-electron chi connectivity index (χ2n) is 5.39. The van der Waals surface area contributed by atoms with Crippen molar-refractivity contribution in [1.29, 1.82) is 0 Å². The molecule has 110 valence electrons. The molecule has 0 aliphatic carbocycles. The normalized spacial score (nSPS) is 23.5. The largest absolute Gasteiger partial charge is 0.479 e. The quantitative estimate of drug-likeness (QED) is 0.748. The van der Waals surface area contributed by atoms with Gasteiger partial charge in [-0.25, -0.2) is 4.98 Å².